The van der Waals surface area contributed by atoms with Crippen LogP contribution in [0, 0.1) is 0 Å². The molecule has 0 spiro atoms. The molecule has 19 heavy (non-hydrogen) atoms. The van der Waals surface area contributed by atoms with Crippen molar-refractivity contribution < 1.29 is 0 Å². The lowest BCUT2D eigenvalue weighted by atomic mass is 10.2. The molecule has 0 fully saturated rings. The molecule has 2 aromatic rings. The third-order valence-corrected chi connectivity index (χ3v) is 3.33. The summed E-state index contributed by atoms with van der Waals surface area (Å²) in [5, 5.41) is 4.38. The van der Waals surface area contributed by atoms with Crippen molar-refractivity contribution in [2.45, 2.75) is 32.4 Å². The van der Waals surface area contributed by atoms with E-state index >= 15 is 0 Å². The molecule has 0 aromatic carbocycles. The van der Waals surface area contributed by atoms with Crippen molar-refractivity contribution in [1.82, 2.24) is 19.3 Å². The topological polar surface area (TPSA) is 90.8 Å². The highest BCUT2D eigenvalue weighted by molar-refractivity contribution is 5.41. The number of pyridine rings is 1. The number of aryl methyl sites for hydroxylation is 1. The van der Waals surface area contributed by atoms with Crippen LogP contribution in [0.4, 0.5) is 5.69 Å². The number of hydrogen-bond donors (Lipinski definition) is 2. The number of nitrogens with zero attached hydrogens (tertiary/aromatic N) is 4. The Morgan fingerprint density at radius 3 is 3.11 bits per heavy atom. The minimum absolute atomic E-state index is 0.0531. The lowest BCUT2D eigenvalue weighted by Gasteiger charge is -2.09. The molecule has 3 N–H and O–H groups in total. The number of hydrazine groups is 1. The quantitative estimate of drug-likeness (QED) is 0.604. The van der Waals surface area contributed by atoms with Gasteiger partial charge in [0.1, 0.15) is 5.82 Å². The normalized spacial score (nSPS) is 14.2. The third kappa shape index (κ3) is 2.24. The van der Waals surface area contributed by atoms with Crippen LogP contribution in [-0.4, -0.2) is 19.3 Å². The van der Waals surface area contributed by atoms with Gasteiger partial charge in [0.05, 0.1) is 17.9 Å². The number of nitrogens with two attached hydrogens (primary N) is 1. The van der Waals surface area contributed by atoms with Gasteiger partial charge in [0.15, 0.2) is 0 Å². The van der Waals surface area contributed by atoms with Gasteiger partial charge in [0.25, 0.3) is 0 Å². The van der Waals surface area contributed by atoms with Gasteiger partial charge in [0, 0.05) is 19.2 Å². The molecule has 0 bridgehead atoms. The van der Waals surface area contributed by atoms with E-state index in [1.54, 1.807) is 16.8 Å². The second-order valence-electron chi connectivity index (χ2n) is 4.65. The van der Waals surface area contributed by atoms with Gasteiger partial charge in [0.2, 0.25) is 0 Å². The van der Waals surface area contributed by atoms with Crippen molar-refractivity contribution in [1.29, 1.82) is 0 Å². The van der Waals surface area contributed by atoms with Crippen LogP contribution in [0.5, 0.6) is 0 Å². The van der Waals surface area contributed by atoms with Gasteiger partial charge in [-0.05, 0) is 25.0 Å². The minimum atomic E-state index is -0.0531. The SMILES string of the molecule is NNc1ccnc(Cn2nc3n(c2=O)CCCC3)c1. The molecule has 0 amide bonds. The molecular weight excluding hydrogens is 244 g/mol. The smallest absolute Gasteiger partial charge is 0.324 e. The average molecular weight is 260 g/mol. The van der Waals surface area contributed by atoms with Gasteiger partial charge in [-0.1, -0.05) is 0 Å². The van der Waals surface area contributed by atoms with E-state index in [2.05, 4.69) is 15.5 Å². The monoisotopic (exact) mass is 260 g/mol. The van der Waals surface area contributed by atoms with E-state index in [1.807, 2.05) is 6.07 Å². The van der Waals surface area contributed by atoms with Crippen LogP contribution in [0.15, 0.2) is 23.1 Å². The molecule has 0 unspecified atom stereocenters. The Balaban J connectivity index is 1.91. The van der Waals surface area contributed by atoms with Crippen molar-refractivity contribution in [2.75, 3.05) is 5.43 Å². The number of aromatic nitrogens is 4. The number of nitrogen functional groups attached to an aromatic ring is 1. The van der Waals surface area contributed by atoms with Crippen LogP contribution in [0.25, 0.3) is 0 Å². The molecule has 0 atom stereocenters. The lowest BCUT2D eigenvalue weighted by molar-refractivity contribution is 0.511. The first-order valence-electron chi connectivity index (χ1n) is 6.36. The zero-order valence-electron chi connectivity index (χ0n) is 10.5. The van der Waals surface area contributed by atoms with E-state index in [0.29, 0.717) is 6.54 Å². The Morgan fingerprint density at radius 2 is 2.32 bits per heavy atom. The molecule has 1 aliphatic rings. The Labute approximate surface area is 110 Å². The third-order valence-electron chi connectivity index (χ3n) is 3.33. The fraction of sp³-hybridized carbons (Fsp3) is 0.417. The highest BCUT2D eigenvalue weighted by atomic mass is 16.2. The summed E-state index contributed by atoms with van der Waals surface area (Å²) in [6, 6.07) is 3.58. The van der Waals surface area contributed by atoms with Crippen LogP contribution in [0.3, 0.4) is 0 Å². The number of fused-ring (bicyclic) bond motifs is 1. The maximum atomic E-state index is 12.2. The molecule has 0 radical (unpaired) electrons. The summed E-state index contributed by atoms with van der Waals surface area (Å²) in [4.78, 5) is 16.4. The summed E-state index contributed by atoms with van der Waals surface area (Å²) < 4.78 is 3.23. The number of rotatable bonds is 3. The predicted octanol–water partition coefficient (Wildman–Crippen LogP) is 0.110. The lowest BCUT2D eigenvalue weighted by Crippen LogP contribution is -2.27. The van der Waals surface area contributed by atoms with Gasteiger partial charge >= 0.3 is 5.69 Å². The Kier molecular flexibility index (Phi) is 3.04. The van der Waals surface area contributed by atoms with Gasteiger partial charge in [-0.3, -0.25) is 15.4 Å². The van der Waals surface area contributed by atoms with E-state index in [1.165, 1.54) is 4.68 Å². The fourth-order valence-electron chi connectivity index (χ4n) is 2.36. The second-order valence-corrected chi connectivity index (χ2v) is 4.65. The average Bonchev–Trinajstić information content (AvgIpc) is 2.76. The van der Waals surface area contributed by atoms with Crippen molar-refractivity contribution >= 4 is 5.69 Å². The molecule has 3 heterocycles. The number of anilines is 1. The summed E-state index contributed by atoms with van der Waals surface area (Å²) in [6.45, 7) is 1.14. The van der Waals surface area contributed by atoms with Crippen LogP contribution in [0.2, 0.25) is 0 Å². The number of nitrogens with one attached hydrogen (secondary N) is 1. The highest BCUT2D eigenvalue weighted by Gasteiger charge is 2.16. The van der Waals surface area contributed by atoms with Gasteiger partial charge in [-0.25, -0.2) is 9.48 Å². The van der Waals surface area contributed by atoms with Gasteiger partial charge in [-0.15, -0.1) is 0 Å². The maximum Gasteiger partial charge on any atom is 0.346 e. The fourth-order valence-corrected chi connectivity index (χ4v) is 2.36. The summed E-state index contributed by atoms with van der Waals surface area (Å²) in [5.41, 5.74) is 4.03. The van der Waals surface area contributed by atoms with E-state index < -0.39 is 0 Å². The maximum absolute atomic E-state index is 12.2. The van der Waals surface area contributed by atoms with E-state index in [9.17, 15) is 4.79 Å². The number of hydrogen-bond acceptors (Lipinski definition) is 5. The molecular formula is C12H16N6O. The molecule has 1 aliphatic heterocycles. The first-order valence-corrected chi connectivity index (χ1v) is 6.36. The van der Waals surface area contributed by atoms with E-state index in [4.69, 9.17) is 5.84 Å². The molecule has 0 saturated carbocycles. The van der Waals surface area contributed by atoms with Crippen molar-refractivity contribution in [3.05, 3.63) is 40.3 Å². The second kappa shape index (κ2) is 4.85. The largest absolute Gasteiger partial charge is 0.346 e. The van der Waals surface area contributed by atoms with E-state index in [-0.39, 0.29) is 5.69 Å². The predicted molar refractivity (Wildman–Crippen MR) is 70.6 cm³/mol. The molecule has 7 heteroatoms. The van der Waals surface area contributed by atoms with Crippen LogP contribution < -0.4 is 17.0 Å². The van der Waals surface area contributed by atoms with Gasteiger partial charge < -0.3 is 5.43 Å². The first-order chi connectivity index (χ1) is 9.28. The zero-order chi connectivity index (χ0) is 13.2. The van der Waals surface area contributed by atoms with Crippen LogP contribution in [-0.2, 0) is 19.5 Å². The highest BCUT2D eigenvalue weighted by Crippen LogP contribution is 2.11. The summed E-state index contributed by atoms with van der Waals surface area (Å²) in [7, 11) is 0. The van der Waals surface area contributed by atoms with Crippen molar-refractivity contribution in [3.8, 4) is 0 Å². The summed E-state index contributed by atoms with van der Waals surface area (Å²) in [6.07, 6.45) is 4.68. The summed E-state index contributed by atoms with van der Waals surface area (Å²) >= 11 is 0. The standard InChI is InChI=1S/C12H16N6O/c13-15-9-4-5-14-10(7-9)8-18-12(19)17-6-2-1-3-11(17)16-18/h4-5,7H,1-3,6,8,13H2,(H,14,15). The molecule has 2 aromatic heterocycles. The van der Waals surface area contributed by atoms with Crippen molar-refractivity contribution in [3.63, 3.8) is 0 Å². The Hall–Kier alpha value is -2.15. The minimum Gasteiger partial charge on any atom is -0.324 e. The molecule has 7 nitrogen and oxygen atoms in total. The van der Waals surface area contributed by atoms with Crippen LogP contribution in [0.1, 0.15) is 24.4 Å². The van der Waals surface area contributed by atoms with Crippen molar-refractivity contribution in [2.24, 2.45) is 5.84 Å². The molecule has 0 aliphatic carbocycles. The molecule has 3 rings (SSSR count). The molecule has 0 saturated heterocycles. The van der Waals surface area contributed by atoms with E-state index in [0.717, 1.165) is 43.0 Å². The zero-order valence-corrected chi connectivity index (χ0v) is 10.5. The Bertz CT molecular complexity index is 644. The molecule has 100 valence electrons. The Morgan fingerprint density at radius 1 is 1.42 bits per heavy atom. The van der Waals surface area contributed by atoms with Gasteiger partial charge in [-0.2, -0.15) is 5.10 Å². The van der Waals surface area contributed by atoms with Crippen LogP contribution >= 0.6 is 0 Å². The summed E-state index contributed by atoms with van der Waals surface area (Å²) in [5.74, 6) is 6.23. The first kappa shape index (κ1) is 11.9.